The number of rotatable bonds is 0. The molecule has 7 heavy (non-hydrogen) atoms. The van der Waals surface area contributed by atoms with Gasteiger partial charge in [-0.2, -0.15) is 0 Å². The van der Waals surface area contributed by atoms with Crippen molar-refractivity contribution in [3.05, 3.63) is 11.4 Å². The van der Waals surface area contributed by atoms with Gasteiger partial charge >= 0.3 is 0 Å². The van der Waals surface area contributed by atoms with Gasteiger partial charge in [-0.1, -0.05) is 0 Å². The van der Waals surface area contributed by atoms with Crippen LogP contribution in [0.5, 0.6) is 0 Å². The zero-order valence-corrected chi connectivity index (χ0v) is 3.96. The van der Waals surface area contributed by atoms with E-state index in [-0.39, 0.29) is 12.1 Å². The van der Waals surface area contributed by atoms with Gasteiger partial charge in [0.25, 0.3) is 0 Å². The van der Waals surface area contributed by atoms with Gasteiger partial charge in [0.1, 0.15) is 0 Å². The van der Waals surface area contributed by atoms with Gasteiger partial charge in [-0.25, -0.2) is 6.57 Å². The first-order valence-electron chi connectivity index (χ1n) is 2.37. The van der Waals surface area contributed by atoms with Crippen molar-refractivity contribution in [1.29, 1.82) is 0 Å². The van der Waals surface area contributed by atoms with Gasteiger partial charge in [-0.3, -0.25) is 0 Å². The standard InChI is InChI=1S/C5H7NO/c1-6-4-2-5(7)3-4/h4-5,7H,2-3H2. The minimum atomic E-state index is -0.168. The third-order valence-corrected chi connectivity index (χ3v) is 1.27. The molecule has 0 unspecified atom stereocenters. The number of nitrogens with zero attached hydrogens (tertiary/aromatic N) is 1. The maximum atomic E-state index is 8.61. The molecule has 0 spiro atoms. The summed E-state index contributed by atoms with van der Waals surface area (Å²) < 4.78 is 0. The summed E-state index contributed by atoms with van der Waals surface area (Å²) in [5.41, 5.74) is 0. The maximum absolute atomic E-state index is 8.61. The van der Waals surface area contributed by atoms with Crippen LogP contribution in [0, 0.1) is 6.57 Å². The Balaban J connectivity index is 2.21. The number of aliphatic hydroxyl groups excluding tert-OH is 1. The van der Waals surface area contributed by atoms with Crippen LogP contribution in [0.2, 0.25) is 0 Å². The Morgan fingerprint density at radius 3 is 2.29 bits per heavy atom. The van der Waals surface area contributed by atoms with Crippen molar-refractivity contribution >= 4 is 0 Å². The van der Waals surface area contributed by atoms with Crippen LogP contribution in [0.3, 0.4) is 0 Å². The molecule has 1 rings (SSSR count). The molecule has 0 aromatic rings. The highest BCUT2D eigenvalue weighted by atomic mass is 16.3. The third-order valence-electron chi connectivity index (χ3n) is 1.27. The van der Waals surface area contributed by atoms with Crippen LogP contribution in [0.25, 0.3) is 4.85 Å². The predicted octanol–water partition coefficient (Wildman–Crippen LogP) is 0.429. The molecule has 1 aliphatic carbocycles. The van der Waals surface area contributed by atoms with Crippen molar-refractivity contribution in [3.8, 4) is 0 Å². The van der Waals surface area contributed by atoms with E-state index in [1.807, 2.05) is 0 Å². The van der Waals surface area contributed by atoms with Crippen LogP contribution in [-0.2, 0) is 0 Å². The first-order valence-corrected chi connectivity index (χ1v) is 2.37. The van der Waals surface area contributed by atoms with E-state index in [1.54, 1.807) is 0 Å². The molecule has 0 saturated heterocycles. The average Bonchev–Trinajstić information content (AvgIpc) is 1.58. The van der Waals surface area contributed by atoms with Crippen LogP contribution in [0.1, 0.15) is 12.8 Å². The number of hydrogen-bond acceptors (Lipinski definition) is 1. The lowest BCUT2D eigenvalue weighted by Crippen LogP contribution is -2.30. The summed E-state index contributed by atoms with van der Waals surface area (Å²) in [7, 11) is 0. The van der Waals surface area contributed by atoms with Crippen LogP contribution < -0.4 is 0 Å². The van der Waals surface area contributed by atoms with E-state index in [9.17, 15) is 0 Å². The number of hydrogen-bond donors (Lipinski definition) is 1. The largest absolute Gasteiger partial charge is 0.393 e. The van der Waals surface area contributed by atoms with E-state index in [1.165, 1.54) is 0 Å². The number of aliphatic hydroxyl groups is 1. The fraction of sp³-hybridized carbons (Fsp3) is 0.800. The Hall–Kier alpha value is -0.550. The fourth-order valence-corrected chi connectivity index (χ4v) is 0.664. The van der Waals surface area contributed by atoms with Crippen molar-refractivity contribution in [2.45, 2.75) is 25.0 Å². The maximum Gasteiger partial charge on any atom is 0.228 e. The molecule has 2 nitrogen and oxygen atoms in total. The molecule has 1 aliphatic rings. The third kappa shape index (κ3) is 0.726. The Morgan fingerprint density at radius 2 is 2.14 bits per heavy atom. The van der Waals surface area contributed by atoms with E-state index >= 15 is 0 Å². The summed E-state index contributed by atoms with van der Waals surface area (Å²) in [6.45, 7) is 6.46. The van der Waals surface area contributed by atoms with Crippen LogP contribution in [0.4, 0.5) is 0 Å². The lowest BCUT2D eigenvalue weighted by atomic mass is 9.90. The highest BCUT2D eigenvalue weighted by molar-refractivity contribution is 4.92. The molecule has 1 fully saturated rings. The van der Waals surface area contributed by atoms with Gasteiger partial charge in [-0.05, 0) is 0 Å². The van der Waals surface area contributed by atoms with Crippen molar-refractivity contribution in [1.82, 2.24) is 0 Å². The van der Waals surface area contributed by atoms with Gasteiger partial charge in [0.05, 0.1) is 6.10 Å². The van der Waals surface area contributed by atoms with Gasteiger partial charge in [0.2, 0.25) is 6.04 Å². The molecule has 1 N–H and O–H groups in total. The lowest BCUT2D eigenvalue weighted by molar-refractivity contribution is 0.0887. The highest BCUT2D eigenvalue weighted by Crippen LogP contribution is 2.22. The zero-order valence-electron chi connectivity index (χ0n) is 3.96. The van der Waals surface area contributed by atoms with E-state index < -0.39 is 0 Å². The van der Waals surface area contributed by atoms with Crippen molar-refractivity contribution in [2.24, 2.45) is 0 Å². The lowest BCUT2D eigenvalue weighted by Gasteiger charge is -2.20. The Labute approximate surface area is 42.6 Å². The molecule has 0 amide bonds. The molecular formula is C5H7NO. The summed E-state index contributed by atoms with van der Waals surface area (Å²) in [4.78, 5) is 3.23. The average molecular weight is 97.1 g/mol. The first-order chi connectivity index (χ1) is 3.33. The minimum Gasteiger partial charge on any atom is -0.393 e. The van der Waals surface area contributed by atoms with E-state index in [4.69, 9.17) is 11.7 Å². The summed E-state index contributed by atoms with van der Waals surface area (Å²) in [5, 5.41) is 8.61. The highest BCUT2D eigenvalue weighted by Gasteiger charge is 2.31. The SMILES string of the molecule is [C-]#[N+]C1CC(O)C1. The predicted molar refractivity (Wildman–Crippen MR) is 25.6 cm³/mol. The topological polar surface area (TPSA) is 24.6 Å². The zero-order chi connectivity index (χ0) is 5.28. The molecule has 0 atom stereocenters. The Bertz CT molecular complexity index is 99.1. The van der Waals surface area contributed by atoms with Gasteiger partial charge in [0.15, 0.2) is 0 Å². The molecule has 0 aromatic heterocycles. The van der Waals surface area contributed by atoms with Crippen molar-refractivity contribution in [2.75, 3.05) is 0 Å². The Morgan fingerprint density at radius 1 is 1.57 bits per heavy atom. The van der Waals surface area contributed by atoms with Gasteiger partial charge in [-0.15, -0.1) is 0 Å². The van der Waals surface area contributed by atoms with Crippen LogP contribution in [-0.4, -0.2) is 17.3 Å². The summed E-state index contributed by atoms with van der Waals surface area (Å²) >= 11 is 0. The Kier molecular flexibility index (Phi) is 0.994. The molecule has 2 heteroatoms. The molecule has 0 aliphatic heterocycles. The van der Waals surface area contributed by atoms with E-state index in [0.717, 1.165) is 0 Å². The molecule has 0 radical (unpaired) electrons. The quantitative estimate of drug-likeness (QED) is 0.435. The first kappa shape index (κ1) is 4.61. The fourth-order valence-electron chi connectivity index (χ4n) is 0.664. The summed E-state index contributed by atoms with van der Waals surface area (Å²) in [6.07, 6.45) is 1.23. The molecule has 0 aromatic carbocycles. The molecule has 0 heterocycles. The minimum absolute atomic E-state index is 0.134. The second-order valence-corrected chi connectivity index (χ2v) is 1.91. The van der Waals surface area contributed by atoms with Crippen molar-refractivity contribution < 1.29 is 5.11 Å². The van der Waals surface area contributed by atoms with Gasteiger partial charge < -0.3 is 9.95 Å². The van der Waals surface area contributed by atoms with Crippen LogP contribution >= 0.6 is 0 Å². The summed E-state index contributed by atoms with van der Waals surface area (Å²) in [6, 6.07) is 0.134. The van der Waals surface area contributed by atoms with E-state index in [0.29, 0.717) is 12.8 Å². The second-order valence-electron chi connectivity index (χ2n) is 1.91. The summed E-state index contributed by atoms with van der Waals surface area (Å²) in [5.74, 6) is 0. The molecular weight excluding hydrogens is 90.1 g/mol. The molecule has 0 bridgehead atoms. The van der Waals surface area contributed by atoms with Crippen LogP contribution in [0.15, 0.2) is 0 Å². The normalized spacial score (nSPS) is 38.9. The van der Waals surface area contributed by atoms with E-state index in [2.05, 4.69) is 4.85 Å². The molecule has 38 valence electrons. The van der Waals surface area contributed by atoms with Gasteiger partial charge in [0, 0.05) is 12.8 Å². The van der Waals surface area contributed by atoms with Crippen molar-refractivity contribution in [3.63, 3.8) is 0 Å². The monoisotopic (exact) mass is 97.1 g/mol. The molecule has 1 saturated carbocycles. The smallest absolute Gasteiger partial charge is 0.228 e. The second kappa shape index (κ2) is 1.51.